The first-order chi connectivity index (χ1) is 13.4. The molecular formula is C20H23N5O3. The van der Waals surface area contributed by atoms with Gasteiger partial charge in [-0.05, 0) is 30.2 Å². The fourth-order valence-corrected chi connectivity index (χ4v) is 2.94. The van der Waals surface area contributed by atoms with Gasteiger partial charge in [0.2, 0.25) is 11.8 Å². The zero-order valence-electron chi connectivity index (χ0n) is 16.3. The van der Waals surface area contributed by atoms with Crippen molar-refractivity contribution < 1.29 is 14.3 Å². The number of hydrogen-bond donors (Lipinski definition) is 2. The maximum atomic E-state index is 12.8. The minimum atomic E-state index is -0.666. The van der Waals surface area contributed by atoms with Crippen molar-refractivity contribution in [2.75, 3.05) is 5.32 Å². The molecule has 2 heterocycles. The number of benzene rings is 1. The fourth-order valence-electron chi connectivity index (χ4n) is 2.94. The Kier molecular flexibility index (Phi) is 5.58. The van der Waals surface area contributed by atoms with E-state index in [9.17, 15) is 9.59 Å². The molecule has 0 spiro atoms. The van der Waals surface area contributed by atoms with Crippen molar-refractivity contribution in [3.05, 3.63) is 42.7 Å². The number of hydrogen-bond acceptors (Lipinski definition) is 5. The number of pyridine rings is 1. The van der Waals surface area contributed by atoms with Crippen LogP contribution in [0, 0.1) is 5.92 Å². The average Bonchev–Trinajstić information content (AvgIpc) is 2.97. The predicted molar refractivity (Wildman–Crippen MR) is 106 cm³/mol. The molecule has 0 fully saturated rings. The van der Waals surface area contributed by atoms with Crippen LogP contribution in [0.25, 0.3) is 10.9 Å². The number of rotatable bonds is 6. The van der Waals surface area contributed by atoms with Crippen molar-refractivity contribution in [1.82, 2.24) is 20.1 Å². The van der Waals surface area contributed by atoms with Gasteiger partial charge in [0.25, 0.3) is 0 Å². The van der Waals surface area contributed by atoms with Gasteiger partial charge in [-0.3, -0.25) is 19.3 Å². The number of anilines is 1. The standard InChI is InChI=1S/C20H23N5O3/c1-12(2)18(22-13(3)26)20(27)23-19-17-15(25(4)24-19)8-5-9-16(17)28-14-7-6-10-21-11-14/h5-12,18H,1-4H3,(H,22,26)(H,23,24,27)/t18-/m1/s1. The van der Waals surface area contributed by atoms with E-state index in [4.69, 9.17) is 4.74 Å². The highest BCUT2D eigenvalue weighted by molar-refractivity contribution is 6.05. The van der Waals surface area contributed by atoms with Crippen molar-refractivity contribution in [3.63, 3.8) is 0 Å². The van der Waals surface area contributed by atoms with Crippen molar-refractivity contribution in [3.8, 4) is 11.5 Å². The molecule has 8 nitrogen and oxygen atoms in total. The number of fused-ring (bicyclic) bond motifs is 1. The van der Waals surface area contributed by atoms with Gasteiger partial charge in [0.1, 0.15) is 17.5 Å². The Bertz CT molecular complexity index is 998. The second-order valence-corrected chi connectivity index (χ2v) is 6.82. The maximum absolute atomic E-state index is 12.8. The summed E-state index contributed by atoms with van der Waals surface area (Å²) in [6, 6.07) is 8.47. The number of aryl methyl sites for hydroxylation is 1. The molecule has 0 aliphatic rings. The summed E-state index contributed by atoms with van der Waals surface area (Å²) in [5.41, 5.74) is 0.803. The van der Waals surface area contributed by atoms with E-state index < -0.39 is 6.04 Å². The third-order valence-electron chi connectivity index (χ3n) is 4.25. The molecule has 28 heavy (non-hydrogen) atoms. The first kappa shape index (κ1) is 19.3. The molecule has 0 radical (unpaired) electrons. The Morgan fingerprint density at radius 1 is 1.18 bits per heavy atom. The summed E-state index contributed by atoms with van der Waals surface area (Å²) in [5, 5.41) is 10.6. The van der Waals surface area contributed by atoms with Crippen LogP contribution in [0.1, 0.15) is 20.8 Å². The number of carbonyl (C=O) groups is 2. The van der Waals surface area contributed by atoms with Crippen LogP contribution in [0.2, 0.25) is 0 Å². The van der Waals surface area contributed by atoms with Gasteiger partial charge in [-0.15, -0.1) is 0 Å². The highest BCUT2D eigenvalue weighted by atomic mass is 16.5. The van der Waals surface area contributed by atoms with E-state index in [1.54, 1.807) is 42.3 Å². The van der Waals surface area contributed by atoms with Crippen LogP contribution in [-0.2, 0) is 16.6 Å². The SMILES string of the molecule is CC(=O)N[C@@H](C(=O)Nc1nn(C)c2cccc(Oc3cccnc3)c12)C(C)C. The molecule has 2 amide bonds. The van der Waals surface area contributed by atoms with Gasteiger partial charge in [0.15, 0.2) is 5.82 Å². The first-order valence-electron chi connectivity index (χ1n) is 8.98. The van der Waals surface area contributed by atoms with Crippen molar-refractivity contribution in [2.24, 2.45) is 13.0 Å². The second kappa shape index (κ2) is 8.08. The Morgan fingerprint density at radius 2 is 1.96 bits per heavy atom. The Labute approximate surface area is 162 Å². The quantitative estimate of drug-likeness (QED) is 0.684. The lowest BCUT2D eigenvalue weighted by atomic mass is 10.0. The highest BCUT2D eigenvalue weighted by Gasteiger charge is 2.25. The summed E-state index contributed by atoms with van der Waals surface area (Å²) in [7, 11) is 1.79. The van der Waals surface area contributed by atoms with E-state index >= 15 is 0 Å². The van der Waals surface area contributed by atoms with Crippen molar-refractivity contribution in [2.45, 2.75) is 26.8 Å². The van der Waals surface area contributed by atoms with E-state index in [-0.39, 0.29) is 17.7 Å². The van der Waals surface area contributed by atoms with E-state index in [2.05, 4.69) is 20.7 Å². The molecule has 0 bridgehead atoms. The van der Waals surface area contributed by atoms with Gasteiger partial charge >= 0.3 is 0 Å². The smallest absolute Gasteiger partial charge is 0.248 e. The number of ether oxygens (including phenoxy) is 1. The van der Waals surface area contributed by atoms with Crippen LogP contribution < -0.4 is 15.4 Å². The van der Waals surface area contributed by atoms with Crippen molar-refractivity contribution in [1.29, 1.82) is 0 Å². The number of nitrogens with zero attached hydrogens (tertiary/aromatic N) is 3. The summed E-state index contributed by atoms with van der Waals surface area (Å²) in [6.07, 6.45) is 3.27. The highest BCUT2D eigenvalue weighted by Crippen LogP contribution is 2.34. The Hall–Kier alpha value is -3.42. The molecule has 146 valence electrons. The summed E-state index contributed by atoms with van der Waals surface area (Å²) in [4.78, 5) is 28.3. The minimum Gasteiger partial charge on any atom is -0.455 e. The molecule has 0 aliphatic carbocycles. The summed E-state index contributed by atoms with van der Waals surface area (Å²) < 4.78 is 7.63. The third kappa shape index (κ3) is 4.11. The summed E-state index contributed by atoms with van der Waals surface area (Å²) in [6.45, 7) is 5.12. The molecule has 3 aromatic rings. The monoisotopic (exact) mass is 381 g/mol. The van der Waals surface area contributed by atoms with E-state index in [0.717, 1.165) is 5.52 Å². The predicted octanol–water partition coefficient (Wildman–Crippen LogP) is 2.86. The average molecular weight is 381 g/mol. The maximum Gasteiger partial charge on any atom is 0.248 e. The lowest BCUT2D eigenvalue weighted by Crippen LogP contribution is -2.46. The largest absolute Gasteiger partial charge is 0.455 e. The van der Waals surface area contributed by atoms with E-state index in [0.29, 0.717) is 22.7 Å². The van der Waals surface area contributed by atoms with Crippen LogP contribution in [-0.4, -0.2) is 32.6 Å². The fraction of sp³-hybridized carbons (Fsp3) is 0.300. The van der Waals surface area contributed by atoms with Crippen LogP contribution in [0.5, 0.6) is 11.5 Å². The Balaban J connectivity index is 1.97. The number of aromatic nitrogens is 3. The zero-order valence-corrected chi connectivity index (χ0v) is 16.3. The molecule has 3 rings (SSSR count). The molecule has 1 aromatic carbocycles. The normalized spacial score (nSPS) is 12.0. The van der Waals surface area contributed by atoms with Gasteiger partial charge in [0.05, 0.1) is 17.1 Å². The number of carbonyl (C=O) groups excluding carboxylic acids is 2. The number of nitrogens with one attached hydrogen (secondary N) is 2. The summed E-state index contributed by atoms with van der Waals surface area (Å²) >= 11 is 0. The Morgan fingerprint density at radius 3 is 2.61 bits per heavy atom. The molecule has 0 saturated carbocycles. The topological polar surface area (TPSA) is 98.1 Å². The molecular weight excluding hydrogens is 358 g/mol. The van der Waals surface area contributed by atoms with Crippen LogP contribution in [0.15, 0.2) is 42.7 Å². The van der Waals surface area contributed by atoms with Crippen LogP contribution >= 0.6 is 0 Å². The molecule has 2 N–H and O–H groups in total. The molecule has 0 unspecified atom stereocenters. The second-order valence-electron chi connectivity index (χ2n) is 6.82. The molecule has 0 saturated heterocycles. The zero-order chi connectivity index (χ0) is 20.3. The van der Waals surface area contributed by atoms with Crippen LogP contribution in [0.3, 0.4) is 0 Å². The van der Waals surface area contributed by atoms with Gasteiger partial charge in [-0.2, -0.15) is 5.10 Å². The minimum absolute atomic E-state index is 0.0787. The van der Waals surface area contributed by atoms with Gasteiger partial charge in [0, 0.05) is 20.2 Å². The number of amides is 2. The molecule has 0 aliphatic heterocycles. The van der Waals surface area contributed by atoms with E-state index in [1.807, 2.05) is 26.0 Å². The lowest BCUT2D eigenvalue weighted by molar-refractivity contribution is -0.126. The first-order valence-corrected chi connectivity index (χ1v) is 8.98. The molecule has 2 aromatic heterocycles. The molecule has 1 atom stereocenters. The van der Waals surface area contributed by atoms with Gasteiger partial charge in [-0.1, -0.05) is 19.9 Å². The van der Waals surface area contributed by atoms with E-state index in [1.165, 1.54) is 6.92 Å². The molecule has 8 heteroatoms. The van der Waals surface area contributed by atoms with Gasteiger partial charge in [-0.25, -0.2) is 0 Å². The van der Waals surface area contributed by atoms with Gasteiger partial charge < -0.3 is 15.4 Å². The van der Waals surface area contributed by atoms with Crippen molar-refractivity contribution >= 4 is 28.5 Å². The van der Waals surface area contributed by atoms with Crippen LogP contribution in [0.4, 0.5) is 5.82 Å². The lowest BCUT2D eigenvalue weighted by Gasteiger charge is -2.20. The third-order valence-corrected chi connectivity index (χ3v) is 4.25. The summed E-state index contributed by atoms with van der Waals surface area (Å²) in [5.74, 6) is 0.827.